The van der Waals surface area contributed by atoms with Crippen molar-refractivity contribution in [2.24, 2.45) is 9.98 Å². The van der Waals surface area contributed by atoms with Gasteiger partial charge in [-0.15, -0.1) is 0 Å². The molecule has 3 aliphatic heterocycles. The summed E-state index contributed by atoms with van der Waals surface area (Å²) >= 11 is 1.36. The highest BCUT2D eigenvalue weighted by molar-refractivity contribution is 8.16. The number of rotatable bonds is 4. The first-order valence-electron chi connectivity index (χ1n) is 10.5. The molecule has 0 unspecified atom stereocenters. The minimum absolute atomic E-state index is 0.153. The minimum atomic E-state index is -0.494. The molecule has 1 fully saturated rings. The van der Waals surface area contributed by atoms with Crippen LogP contribution >= 0.6 is 11.8 Å². The van der Waals surface area contributed by atoms with Gasteiger partial charge in [-0.2, -0.15) is 0 Å². The second kappa shape index (κ2) is 8.55. The summed E-state index contributed by atoms with van der Waals surface area (Å²) in [6.07, 6.45) is 1.64. The van der Waals surface area contributed by atoms with Gasteiger partial charge in [-0.1, -0.05) is 11.8 Å². The Morgan fingerprint density at radius 1 is 1.12 bits per heavy atom. The van der Waals surface area contributed by atoms with Gasteiger partial charge >= 0.3 is 0 Å². The van der Waals surface area contributed by atoms with Crippen molar-refractivity contribution >= 4 is 34.1 Å². The number of thioether (sulfide) groups is 1. The van der Waals surface area contributed by atoms with E-state index >= 15 is 0 Å². The highest BCUT2D eigenvalue weighted by Gasteiger charge is 2.39. The molecule has 2 aromatic rings. The minimum Gasteiger partial charge on any atom is -0.454 e. The number of aliphatic imine (C=N–C) groups is 2. The average molecular weight is 455 g/mol. The molecule has 7 nitrogen and oxygen atoms in total. The van der Waals surface area contributed by atoms with E-state index in [0.29, 0.717) is 17.2 Å². The largest absolute Gasteiger partial charge is 0.454 e. The topological polar surface area (TPSA) is 75.5 Å². The zero-order valence-corrected chi connectivity index (χ0v) is 18.5. The molecule has 0 saturated carbocycles. The molecule has 0 atom stereocenters. The average Bonchev–Trinajstić information content (AvgIpc) is 3.40. The molecule has 0 bridgehead atoms. The summed E-state index contributed by atoms with van der Waals surface area (Å²) in [5.41, 5.74) is 1.69. The lowest BCUT2D eigenvalue weighted by Gasteiger charge is -2.33. The highest BCUT2D eigenvalue weighted by Crippen LogP contribution is 2.36. The predicted molar refractivity (Wildman–Crippen MR) is 123 cm³/mol. The van der Waals surface area contributed by atoms with Crippen LogP contribution in [0.3, 0.4) is 0 Å². The highest BCUT2D eigenvalue weighted by atomic mass is 32.2. The summed E-state index contributed by atoms with van der Waals surface area (Å²) in [6, 6.07) is 11.6. The lowest BCUT2D eigenvalue weighted by atomic mass is 9.99. The van der Waals surface area contributed by atoms with Crippen LogP contribution in [0.15, 0.2) is 52.4 Å². The van der Waals surface area contributed by atoms with Crippen LogP contribution in [0.2, 0.25) is 0 Å². The van der Waals surface area contributed by atoms with Crippen molar-refractivity contribution in [1.82, 2.24) is 4.90 Å². The maximum absolute atomic E-state index is 13.5. The van der Waals surface area contributed by atoms with Gasteiger partial charge in [0.2, 0.25) is 12.7 Å². The van der Waals surface area contributed by atoms with E-state index in [4.69, 9.17) is 19.5 Å². The smallest absolute Gasteiger partial charge is 0.234 e. The van der Waals surface area contributed by atoms with Crippen molar-refractivity contribution in [3.05, 3.63) is 53.8 Å². The van der Waals surface area contributed by atoms with Crippen molar-refractivity contribution in [2.75, 3.05) is 38.0 Å². The molecule has 5 rings (SSSR count). The summed E-state index contributed by atoms with van der Waals surface area (Å²) in [5.74, 6) is 1.02. The number of piperidine rings is 1. The van der Waals surface area contributed by atoms with Gasteiger partial charge in [0.1, 0.15) is 10.9 Å². The summed E-state index contributed by atoms with van der Waals surface area (Å²) < 4.78 is 24.1. The fourth-order valence-electron chi connectivity index (χ4n) is 3.92. The number of halogens is 1. The number of nitrogens with zero attached hydrogens (tertiary/aromatic N) is 3. The molecule has 1 amide bonds. The molecule has 166 valence electrons. The molecule has 0 aromatic heterocycles. The number of amides is 1. The molecular weight excluding hydrogens is 431 g/mol. The molecule has 1 N–H and O–H groups in total. The van der Waals surface area contributed by atoms with Crippen LogP contribution in [0.1, 0.15) is 18.4 Å². The van der Waals surface area contributed by atoms with Crippen LogP contribution in [0, 0.1) is 5.82 Å². The zero-order chi connectivity index (χ0) is 22.1. The van der Waals surface area contributed by atoms with Crippen molar-refractivity contribution in [3.63, 3.8) is 0 Å². The molecule has 9 heteroatoms. The summed E-state index contributed by atoms with van der Waals surface area (Å²) in [4.78, 5) is 24.8. The number of ether oxygens (including phenoxy) is 2. The van der Waals surface area contributed by atoms with Gasteiger partial charge in [0.25, 0.3) is 0 Å². The molecule has 3 aliphatic rings. The maximum atomic E-state index is 13.5. The number of nitrogens with one attached hydrogen (secondary N) is 1. The van der Waals surface area contributed by atoms with Crippen molar-refractivity contribution in [2.45, 2.75) is 18.5 Å². The standard InChI is InChI=1S/C23H23FN4O3S/c1-28-10-8-23(9-11-28)26-21(15-2-4-16(24)5-3-15)22(27-23)32-13-20(29)25-17-6-7-18-19(12-17)31-14-30-18/h2-7,12H,8-11,13-14H2,1H3,(H,25,29). The van der Waals surface area contributed by atoms with Gasteiger partial charge in [0.15, 0.2) is 17.2 Å². The van der Waals surface area contributed by atoms with E-state index in [9.17, 15) is 9.18 Å². The van der Waals surface area contributed by atoms with E-state index in [-0.39, 0.29) is 24.3 Å². The number of fused-ring (bicyclic) bond motifs is 1. The predicted octanol–water partition coefficient (Wildman–Crippen LogP) is 3.55. The third kappa shape index (κ3) is 4.35. The second-order valence-corrected chi connectivity index (χ2v) is 9.04. The molecule has 32 heavy (non-hydrogen) atoms. The molecule has 2 aromatic carbocycles. The Bertz CT molecular complexity index is 1090. The zero-order valence-electron chi connectivity index (χ0n) is 17.6. The van der Waals surface area contributed by atoms with Gasteiger partial charge in [0.05, 0.1) is 11.5 Å². The number of likely N-dealkylation sites (tertiary alicyclic amines) is 1. The fourth-order valence-corrected chi connectivity index (χ4v) is 4.80. The number of hydrogen-bond donors (Lipinski definition) is 1. The fraction of sp³-hybridized carbons (Fsp3) is 0.348. The Morgan fingerprint density at radius 2 is 1.88 bits per heavy atom. The molecule has 0 radical (unpaired) electrons. The van der Waals surface area contributed by atoms with Crippen molar-refractivity contribution in [1.29, 1.82) is 0 Å². The summed E-state index contributed by atoms with van der Waals surface area (Å²) in [5, 5.41) is 3.61. The van der Waals surface area contributed by atoms with Crippen LogP contribution in [0.4, 0.5) is 10.1 Å². The maximum Gasteiger partial charge on any atom is 0.234 e. The van der Waals surface area contributed by atoms with Gasteiger partial charge in [-0.25, -0.2) is 9.38 Å². The molecule has 0 aliphatic carbocycles. The Morgan fingerprint density at radius 3 is 2.66 bits per heavy atom. The van der Waals surface area contributed by atoms with Crippen molar-refractivity contribution in [3.8, 4) is 11.5 Å². The lowest BCUT2D eigenvalue weighted by molar-refractivity contribution is -0.113. The van der Waals surface area contributed by atoms with E-state index in [1.54, 1.807) is 30.3 Å². The summed E-state index contributed by atoms with van der Waals surface area (Å²) in [6.45, 7) is 2.00. The van der Waals surface area contributed by atoms with Crippen LogP contribution in [-0.2, 0) is 4.79 Å². The van der Waals surface area contributed by atoms with Gasteiger partial charge in [0, 0.05) is 43.2 Å². The molecule has 1 saturated heterocycles. The Kier molecular flexibility index (Phi) is 5.60. The van der Waals surface area contributed by atoms with Crippen LogP contribution in [-0.4, -0.2) is 59.9 Å². The third-order valence-corrected chi connectivity index (χ3v) is 6.70. The number of benzene rings is 2. The van der Waals surface area contributed by atoms with Crippen LogP contribution < -0.4 is 14.8 Å². The Labute approximate surface area is 189 Å². The Hall–Kier alpha value is -2.91. The van der Waals surface area contributed by atoms with E-state index in [0.717, 1.165) is 42.3 Å². The molecule has 3 heterocycles. The van der Waals surface area contributed by atoms with Gasteiger partial charge in [-0.05, 0) is 43.4 Å². The number of carbonyl (C=O) groups excluding carboxylic acids is 1. The van der Waals surface area contributed by atoms with Crippen LogP contribution in [0.5, 0.6) is 11.5 Å². The van der Waals surface area contributed by atoms with E-state index in [2.05, 4.69) is 17.3 Å². The number of carbonyl (C=O) groups is 1. The second-order valence-electron chi connectivity index (χ2n) is 8.07. The first kappa shape index (κ1) is 21.0. The Balaban J connectivity index is 1.30. The lowest BCUT2D eigenvalue weighted by Crippen LogP contribution is -2.39. The van der Waals surface area contributed by atoms with E-state index < -0.39 is 5.66 Å². The number of hydrogen-bond acceptors (Lipinski definition) is 7. The van der Waals surface area contributed by atoms with Crippen LogP contribution in [0.25, 0.3) is 0 Å². The first-order chi connectivity index (χ1) is 15.5. The molecular formula is C23H23FN4O3S. The first-order valence-corrected chi connectivity index (χ1v) is 11.5. The van der Waals surface area contributed by atoms with E-state index in [1.807, 2.05) is 0 Å². The summed E-state index contributed by atoms with van der Waals surface area (Å²) in [7, 11) is 2.09. The SMILES string of the molecule is CN1CCC2(CC1)N=C(SCC(=O)Nc1ccc3c(c1)OCO3)C(c1ccc(F)cc1)=N2. The van der Waals surface area contributed by atoms with Gasteiger partial charge < -0.3 is 19.7 Å². The monoisotopic (exact) mass is 454 g/mol. The normalized spacial score (nSPS) is 19.1. The van der Waals surface area contributed by atoms with Crippen molar-refractivity contribution < 1.29 is 18.7 Å². The third-order valence-electron chi connectivity index (χ3n) is 5.73. The number of anilines is 1. The quantitative estimate of drug-likeness (QED) is 0.765. The molecule has 1 spiro atoms. The van der Waals surface area contributed by atoms with Gasteiger partial charge in [-0.3, -0.25) is 9.79 Å². The van der Waals surface area contributed by atoms with E-state index in [1.165, 1.54) is 23.9 Å².